The van der Waals surface area contributed by atoms with Crippen LogP contribution in [0.1, 0.15) is 31.7 Å². The highest BCUT2D eigenvalue weighted by Gasteiger charge is 2.29. The van der Waals surface area contributed by atoms with Crippen LogP contribution in [0, 0.1) is 0 Å². The Labute approximate surface area is 108 Å². The van der Waals surface area contributed by atoms with E-state index in [9.17, 15) is 0 Å². The van der Waals surface area contributed by atoms with Crippen LogP contribution < -0.4 is 5.32 Å². The maximum Gasteiger partial charge on any atom is 0.0320 e. The van der Waals surface area contributed by atoms with Crippen LogP contribution in [0.2, 0.25) is 0 Å². The lowest BCUT2D eigenvalue weighted by molar-refractivity contribution is 0.574. The average molecular weight is 333 g/mol. The summed E-state index contributed by atoms with van der Waals surface area (Å²) in [4.78, 5) is 0. The minimum absolute atomic E-state index is 0.577. The molecule has 1 nitrogen and oxygen atoms in total. The Hall–Kier alpha value is 0.140. The van der Waals surface area contributed by atoms with Gasteiger partial charge in [0, 0.05) is 26.9 Å². The maximum atomic E-state index is 3.57. The molecular formula is C12H15Br2N. The lowest BCUT2D eigenvalue weighted by atomic mass is 9.92. The molecule has 0 bridgehead atoms. The van der Waals surface area contributed by atoms with Crippen molar-refractivity contribution in [2.24, 2.45) is 0 Å². The van der Waals surface area contributed by atoms with Gasteiger partial charge in [0.05, 0.1) is 0 Å². The molecule has 1 fully saturated rings. The normalized spacial score (nSPS) is 30.8. The van der Waals surface area contributed by atoms with E-state index in [-0.39, 0.29) is 0 Å². The molecule has 0 spiro atoms. The second kappa shape index (κ2) is 4.56. The van der Waals surface area contributed by atoms with Crippen molar-refractivity contribution in [3.05, 3.63) is 32.7 Å². The van der Waals surface area contributed by atoms with Crippen LogP contribution in [0.25, 0.3) is 0 Å². The highest BCUT2D eigenvalue weighted by atomic mass is 79.9. The molecule has 15 heavy (non-hydrogen) atoms. The highest BCUT2D eigenvalue weighted by molar-refractivity contribution is 9.13. The molecule has 82 valence electrons. The number of hydrogen-bond donors (Lipinski definition) is 1. The summed E-state index contributed by atoms with van der Waals surface area (Å²) in [6.45, 7) is 4.52. The minimum Gasteiger partial charge on any atom is -0.311 e. The molecule has 1 aromatic carbocycles. The van der Waals surface area contributed by atoms with E-state index >= 15 is 0 Å². The first-order chi connectivity index (χ1) is 7.08. The Morgan fingerprint density at radius 1 is 1.20 bits per heavy atom. The predicted molar refractivity (Wildman–Crippen MR) is 71.3 cm³/mol. The van der Waals surface area contributed by atoms with Gasteiger partial charge in [0.15, 0.2) is 0 Å². The van der Waals surface area contributed by atoms with E-state index in [2.05, 4.69) is 69.2 Å². The first kappa shape index (κ1) is 11.6. The molecule has 1 N–H and O–H groups in total. The molecule has 1 aliphatic rings. The van der Waals surface area contributed by atoms with Crippen molar-refractivity contribution < 1.29 is 0 Å². The molecular weight excluding hydrogens is 318 g/mol. The quantitative estimate of drug-likeness (QED) is 0.817. The molecule has 0 saturated carbocycles. The fourth-order valence-electron chi connectivity index (χ4n) is 2.39. The molecule has 0 aliphatic carbocycles. The van der Waals surface area contributed by atoms with Gasteiger partial charge in [0.25, 0.3) is 0 Å². The Morgan fingerprint density at radius 2 is 1.93 bits per heavy atom. The number of hydrogen-bond acceptors (Lipinski definition) is 1. The van der Waals surface area contributed by atoms with Gasteiger partial charge in [-0.25, -0.2) is 0 Å². The van der Waals surface area contributed by atoms with Crippen LogP contribution in [-0.4, -0.2) is 12.1 Å². The summed E-state index contributed by atoms with van der Waals surface area (Å²) in [7, 11) is 0. The Kier molecular flexibility index (Phi) is 3.53. The highest BCUT2D eigenvalue weighted by Crippen LogP contribution is 2.34. The summed E-state index contributed by atoms with van der Waals surface area (Å²) < 4.78 is 2.27. The van der Waals surface area contributed by atoms with Crippen LogP contribution >= 0.6 is 31.9 Å². The van der Waals surface area contributed by atoms with Crippen LogP contribution in [-0.2, 0) is 0 Å². The molecule has 1 aliphatic heterocycles. The molecule has 1 aromatic rings. The summed E-state index contributed by atoms with van der Waals surface area (Å²) in [5.41, 5.74) is 1.43. The second-order valence-corrected chi connectivity index (χ2v) is 6.08. The first-order valence-corrected chi connectivity index (χ1v) is 6.87. The fourth-order valence-corrected chi connectivity index (χ4v) is 3.03. The van der Waals surface area contributed by atoms with Crippen molar-refractivity contribution in [1.29, 1.82) is 0 Å². The van der Waals surface area contributed by atoms with Crippen LogP contribution in [0.5, 0.6) is 0 Å². The van der Waals surface area contributed by atoms with Gasteiger partial charge in [-0.1, -0.05) is 6.07 Å². The largest absolute Gasteiger partial charge is 0.311 e. The summed E-state index contributed by atoms with van der Waals surface area (Å²) in [6, 6.07) is 7.77. The molecule has 1 heterocycles. The maximum absolute atomic E-state index is 3.57. The van der Waals surface area contributed by atoms with Gasteiger partial charge in [0.1, 0.15) is 0 Å². The van der Waals surface area contributed by atoms with Crippen molar-refractivity contribution in [3.8, 4) is 0 Å². The van der Waals surface area contributed by atoms with E-state index in [0.29, 0.717) is 18.0 Å². The SMILES string of the molecule is CC1CC(c2ccc(Br)c(Br)c2)C(C)N1. The average Bonchev–Trinajstić information content (AvgIpc) is 2.50. The van der Waals surface area contributed by atoms with Crippen LogP contribution in [0.3, 0.4) is 0 Å². The van der Waals surface area contributed by atoms with Gasteiger partial charge in [-0.3, -0.25) is 0 Å². The van der Waals surface area contributed by atoms with Crippen molar-refractivity contribution in [1.82, 2.24) is 5.32 Å². The minimum atomic E-state index is 0.577. The van der Waals surface area contributed by atoms with Gasteiger partial charge in [-0.05, 0) is 69.8 Å². The van der Waals surface area contributed by atoms with E-state index in [1.54, 1.807) is 0 Å². The fraction of sp³-hybridized carbons (Fsp3) is 0.500. The predicted octanol–water partition coefficient (Wildman–Crippen LogP) is 4.07. The van der Waals surface area contributed by atoms with Gasteiger partial charge >= 0.3 is 0 Å². The molecule has 3 heteroatoms. The van der Waals surface area contributed by atoms with E-state index in [1.165, 1.54) is 12.0 Å². The molecule has 1 saturated heterocycles. The van der Waals surface area contributed by atoms with Crippen molar-refractivity contribution in [2.45, 2.75) is 38.3 Å². The van der Waals surface area contributed by atoms with Gasteiger partial charge in [-0.2, -0.15) is 0 Å². The summed E-state index contributed by atoms with van der Waals surface area (Å²) in [5, 5.41) is 3.57. The van der Waals surface area contributed by atoms with Gasteiger partial charge in [-0.15, -0.1) is 0 Å². The smallest absolute Gasteiger partial charge is 0.0320 e. The zero-order valence-electron chi connectivity index (χ0n) is 8.93. The standard InChI is InChI=1S/C12H15Br2N/c1-7-5-10(8(2)15-7)9-3-4-11(13)12(14)6-9/h3-4,6-8,10,15H,5H2,1-2H3. The third kappa shape index (κ3) is 2.45. The number of benzene rings is 1. The van der Waals surface area contributed by atoms with Gasteiger partial charge < -0.3 is 5.32 Å². The molecule has 0 aromatic heterocycles. The Balaban J connectivity index is 2.26. The molecule has 3 unspecified atom stereocenters. The second-order valence-electron chi connectivity index (χ2n) is 4.37. The monoisotopic (exact) mass is 331 g/mol. The number of halogens is 2. The lowest BCUT2D eigenvalue weighted by Gasteiger charge is -2.15. The number of nitrogens with one attached hydrogen (secondary N) is 1. The van der Waals surface area contributed by atoms with E-state index in [4.69, 9.17) is 0 Å². The van der Waals surface area contributed by atoms with Crippen LogP contribution in [0.4, 0.5) is 0 Å². The zero-order chi connectivity index (χ0) is 11.0. The van der Waals surface area contributed by atoms with Crippen molar-refractivity contribution in [3.63, 3.8) is 0 Å². The van der Waals surface area contributed by atoms with E-state index in [0.717, 1.165) is 8.95 Å². The first-order valence-electron chi connectivity index (χ1n) is 5.29. The Bertz CT molecular complexity index is 365. The van der Waals surface area contributed by atoms with Crippen molar-refractivity contribution in [2.75, 3.05) is 0 Å². The lowest BCUT2D eigenvalue weighted by Crippen LogP contribution is -2.26. The molecule has 0 amide bonds. The third-order valence-electron chi connectivity index (χ3n) is 3.13. The number of rotatable bonds is 1. The Morgan fingerprint density at radius 3 is 2.47 bits per heavy atom. The summed E-state index contributed by atoms with van der Waals surface area (Å²) >= 11 is 7.06. The third-order valence-corrected chi connectivity index (χ3v) is 5.01. The zero-order valence-corrected chi connectivity index (χ0v) is 12.1. The van der Waals surface area contributed by atoms with Gasteiger partial charge in [0.2, 0.25) is 0 Å². The van der Waals surface area contributed by atoms with Crippen LogP contribution in [0.15, 0.2) is 27.1 Å². The molecule has 0 radical (unpaired) electrons. The molecule has 2 rings (SSSR count). The van der Waals surface area contributed by atoms with Crippen molar-refractivity contribution >= 4 is 31.9 Å². The summed E-state index contributed by atoms with van der Waals surface area (Å²) in [5.74, 6) is 0.643. The van der Waals surface area contributed by atoms with E-state index < -0.39 is 0 Å². The molecule has 3 atom stereocenters. The topological polar surface area (TPSA) is 12.0 Å². The summed E-state index contributed by atoms with van der Waals surface area (Å²) in [6.07, 6.45) is 1.23. The van der Waals surface area contributed by atoms with E-state index in [1.807, 2.05) is 0 Å².